The van der Waals surface area contributed by atoms with Crippen LogP contribution >= 0.6 is 11.8 Å². The maximum absolute atomic E-state index is 5.90. The number of hydrogen-bond acceptors (Lipinski definition) is 4. The van der Waals surface area contributed by atoms with Gasteiger partial charge in [0.2, 0.25) is 0 Å². The van der Waals surface area contributed by atoms with Crippen molar-refractivity contribution in [3.05, 3.63) is 65.9 Å². The van der Waals surface area contributed by atoms with Gasteiger partial charge in [0.1, 0.15) is 11.6 Å². The number of benzene rings is 2. The normalized spacial score (nSPS) is 15.1. The van der Waals surface area contributed by atoms with Gasteiger partial charge in [-0.05, 0) is 48.7 Å². The minimum absolute atomic E-state index is 0.749. The number of para-hydroxylation sites is 1. The maximum Gasteiger partial charge on any atom is 0.119 e. The molecule has 1 aliphatic rings. The number of aromatic nitrogens is 1. The second kappa shape index (κ2) is 9.11. The number of H-pyrrole nitrogens is 1. The fourth-order valence-electron chi connectivity index (χ4n) is 3.34. The molecule has 5 heteroatoms. The second-order valence-corrected chi connectivity index (χ2v) is 8.11. The van der Waals surface area contributed by atoms with Crippen LogP contribution in [0.1, 0.15) is 18.4 Å². The Kier molecular flexibility index (Phi) is 6.12. The van der Waals surface area contributed by atoms with E-state index in [9.17, 15) is 0 Å². The quantitative estimate of drug-likeness (QED) is 0.523. The highest BCUT2D eigenvalue weighted by atomic mass is 32.2. The Morgan fingerprint density at radius 2 is 1.96 bits per heavy atom. The van der Waals surface area contributed by atoms with E-state index in [-0.39, 0.29) is 0 Å². The smallest absolute Gasteiger partial charge is 0.119 e. The van der Waals surface area contributed by atoms with Crippen LogP contribution in [-0.4, -0.2) is 36.8 Å². The zero-order valence-corrected chi connectivity index (χ0v) is 17.1. The second-order valence-electron chi connectivity index (χ2n) is 7.13. The van der Waals surface area contributed by atoms with Gasteiger partial charge in [-0.3, -0.25) is 0 Å². The molecule has 0 unspecified atom stereocenters. The zero-order valence-electron chi connectivity index (χ0n) is 16.3. The lowest BCUT2D eigenvalue weighted by Crippen LogP contribution is -2.19. The van der Waals surface area contributed by atoms with Crippen LogP contribution in [-0.2, 0) is 0 Å². The third kappa shape index (κ3) is 4.84. The highest BCUT2D eigenvalue weighted by Crippen LogP contribution is 2.21. The van der Waals surface area contributed by atoms with Crippen LogP contribution in [0, 0.1) is 0 Å². The van der Waals surface area contributed by atoms with Gasteiger partial charge in [0, 0.05) is 35.9 Å². The monoisotopic (exact) mass is 393 g/mol. The average Bonchev–Trinajstić information content (AvgIpc) is 3.38. The Bertz CT molecular complexity index is 891. The molecule has 0 saturated carbocycles. The Morgan fingerprint density at radius 1 is 1.11 bits per heavy atom. The summed E-state index contributed by atoms with van der Waals surface area (Å²) < 4.78 is 5.90. The van der Waals surface area contributed by atoms with Gasteiger partial charge in [0.05, 0.1) is 12.5 Å². The van der Waals surface area contributed by atoms with E-state index in [4.69, 9.17) is 4.74 Å². The number of nitrogens with zero attached hydrogens (tertiary/aromatic N) is 1. The summed E-state index contributed by atoms with van der Waals surface area (Å²) in [5.41, 5.74) is 3.71. The van der Waals surface area contributed by atoms with E-state index in [2.05, 4.69) is 82.9 Å². The molecule has 1 saturated heterocycles. The molecular weight excluding hydrogens is 366 g/mol. The predicted molar refractivity (Wildman–Crippen MR) is 121 cm³/mol. The zero-order chi connectivity index (χ0) is 19.2. The third-order valence-corrected chi connectivity index (χ3v) is 5.83. The third-order valence-electron chi connectivity index (χ3n) is 4.96. The first-order valence-electron chi connectivity index (χ1n) is 9.82. The molecule has 0 bridgehead atoms. The topological polar surface area (TPSA) is 40.3 Å². The van der Waals surface area contributed by atoms with Crippen molar-refractivity contribution in [1.82, 2.24) is 10.3 Å². The van der Waals surface area contributed by atoms with Gasteiger partial charge in [-0.25, -0.2) is 0 Å². The Balaban J connectivity index is 1.18. The molecule has 2 heterocycles. The maximum atomic E-state index is 5.90. The summed E-state index contributed by atoms with van der Waals surface area (Å²) in [7, 11) is 2.14. The van der Waals surface area contributed by atoms with Crippen LogP contribution in [0.4, 0.5) is 5.82 Å². The molecule has 2 N–H and O–H groups in total. The number of aromatic amines is 1. The molecule has 0 atom stereocenters. The number of rotatable bonds is 8. The largest absolute Gasteiger partial charge is 0.494 e. The fraction of sp³-hybridized carbons (Fsp3) is 0.304. The molecule has 3 aromatic rings. The van der Waals surface area contributed by atoms with Crippen molar-refractivity contribution < 1.29 is 4.74 Å². The molecule has 146 valence electrons. The van der Waals surface area contributed by atoms with E-state index >= 15 is 0 Å². The Labute approximate surface area is 171 Å². The lowest BCUT2D eigenvalue weighted by Gasteiger charge is -2.17. The Hall–Kier alpha value is -2.53. The molecule has 0 aliphatic carbocycles. The number of anilines is 1. The van der Waals surface area contributed by atoms with Crippen molar-refractivity contribution in [2.75, 3.05) is 36.7 Å². The number of hydrogen-bond donors (Lipinski definition) is 2. The van der Waals surface area contributed by atoms with Crippen molar-refractivity contribution in [2.45, 2.75) is 12.8 Å². The molecule has 2 aromatic carbocycles. The van der Waals surface area contributed by atoms with Gasteiger partial charge in [0.25, 0.3) is 0 Å². The van der Waals surface area contributed by atoms with Crippen molar-refractivity contribution >= 4 is 34.6 Å². The SMILES string of the molecule is CN(CCCCOc1ccc(C=C2CSCN2)cc1)c1cc2ccccc2[nH]1. The Morgan fingerprint density at radius 3 is 2.75 bits per heavy atom. The number of ether oxygens (including phenoxy) is 1. The van der Waals surface area contributed by atoms with Crippen LogP contribution in [0.25, 0.3) is 17.0 Å². The van der Waals surface area contributed by atoms with Gasteiger partial charge < -0.3 is 19.9 Å². The molecule has 1 aromatic heterocycles. The van der Waals surface area contributed by atoms with Crippen LogP contribution < -0.4 is 15.0 Å². The van der Waals surface area contributed by atoms with E-state index in [1.165, 1.54) is 28.0 Å². The molecule has 0 amide bonds. The van der Waals surface area contributed by atoms with E-state index in [0.717, 1.165) is 43.4 Å². The van der Waals surface area contributed by atoms with Crippen LogP contribution in [0.15, 0.2) is 60.3 Å². The first-order chi connectivity index (χ1) is 13.8. The highest BCUT2D eigenvalue weighted by Gasteiger charge is 2.06. The van der Waals surface area contributed by atoms with Crippen LogP contribution in [0.3, 0.4) is 0 Å². The van der Waals surface area contributed by atoms with Gasteiger partial charge in [-0.2, -0.15) is 0 Å². The van der Waals surface area contributed by atoms with Gasteiger partial charge in [-0.15, -0.1) is 11.8 Å². The first kappa shape index (κ1) is 18.8. The molecule has 4 nitrogen and oxygen atoms in total. The fourth-order valence-corrected chi connectivity index (χ4v) is 4.13. The van der Waals surface area contributed by atoms with E-state index in [1.54, 1.807) is 0 Å². The number of thioether (sulfide) groups is 1. The van der Waals surface area contributed by atoms with Gasteiger partial charge >= 0.3 is 0 Å². The van der Waals surface area contributed by atoms with Crippen LogP contribution in [0.5, 0.6) is 5.75 Å². The summed E-state index contributed by atoms with van der Waals surface area (Å²) in [5.74, 6) is 4.20. The number of unbranched alkanes of at least 4 members (excludes halogenated alkanes) is 1. The number of fused-ring (bicyclic) bond motifs is 1. The molecule has 1 aliphatic heterocycles. The summed E-state index contributed by atoms with van der Waals surface area (Å²) >= 11 is 1.91. The van der Waals surface area contributed by atoms with Gasteiger partial charge in [0.15, 0.2) is 0 Å². The van der Waals surface area contributed by atoms with Gasteiger partial charge in [-0.1, -0.05) is 30.3 Å². The van der Waals surface area contributed by atoms with Crippen LogP contribution in [0.2, 0.25) is 0 Å². The van der Waals surface area contributed by atoms with Crippen molar-refractivity contribution in [2.24, 2.45) is 0 Å². The minimum Gasteiger partial charge on any atom is -0.494 e. The summed E-state index contributed by atoms with van der Waals surface area (Å²) in [5, 5.41) is 4.64. The molecule has 1 fully saturated rings. The minimum atomic E-state index is 0.749. The lowest BCUT2D eigenvalue weighted by atomic mass is 10.2. The predicted octanol–water partition coefficient (Wildman–Crippen LogP) is 5.10. The highest BCUT2D eigenvalue weighted by molar-refractivity contribution is 7.99. The van der Waals surface area contributed by atoms with Crippen molar-refractivity contribution in [1.29, 1.82) is 0 Å². The summed E-state index contributed by atoms with van der Waals surface area (Å²) in [6.45, 7) is 1.76. The molecule has 0 spiro atoms. The van der Waals surface area contributed by atoms with E-state index < -0.39 is 0 Å². The number of nitrogens with one attached hydrogen (secondary N) is 2. The lowest BCUT2D eigenvalue weighted by molar-refractivity contribution is 0.307. The first-order valence-corrected chi connectivity index (χ1v) is 11.0. The van der Waals surface area contributed by atoms with E-state index in [0.29, 0.717) is 0 Å². The molecule has 4 rings (SSSR count). The summed E-state index contributed by atoms with van der Waals surface area (Å²) in [6, 6.07) is 19.0. The molecule has 0 radical (unpaired) electrons. The standard InChI is InChI=1S/C23H27N3OS/c1-26(23-15-19-6-2-3-7-22(19)25-23)12-4-5-13-27-21-10-8-18(9-11-21)14-20-16-28-17-24-20/h2-3,6-11,14-15,24-25H,4-5,12-13,16-17H2,1H3. The van der Waals surface area contributed by atoms with Crippen molar-refractivity contribution in [3.63, 3.8) is 0 Å². The molecule has 28 heavy (non-hydrogen) atoms. The molecular formula is C23H27N3OS. The average molecular weight is 394 g/mol. The van der Waals surface area contributed by atoms with E-state index in [1.807, 2.05) is 11.8 Å². The summed E-state index contributed by atoms with van der Waals surface area (Å²) in [6.07, 6.45) is 4.35. The summed E-state index contributed by atoms with van der Waals surface area (Å²) in [4.78, 5) is 5.75. The van der Waals surface area contributed by atoms with Crippen molar-refractivity contribution in [3.8, 4) is 5.75 Å².